The van der Waals surface area contributed by atoms with Crippen LogP contribution < -0.4 is 10.6 Å². The predicted molar refractivity (Wildman–Crippen MR) is 127 cm³/mol. The second-order valence-electron chi connectivity index (χ2n) is 8.75. The van der Waals surface area contributed by atoms with E-state index in [1.165, 1.54) is 36.0 Å². The Balaban J connectivity index is 0.00000171. The average Bonchev–Trinajstić information content (AvgIpc) is 3.43. The van der Waals surface area contributed by atoms with Crippen LogP contribution in [0.3, 0.4) is 0 Å². The lowest BCUT2D eigenvalue weighted by Gasteiger charge is -2.36. The number of halogens is 2. The van der Waals surface area contributed by atoms with Crippen molar-refractivity contribution in [3.63, 3.8) is 0 Å². The molecular weight excluding hydrogens is 426 g/mol. The van der Waals surface area contributed by atoms with Gasteiger partial charge in [-0.05, 0) is 62.1 Å². The first-order chi connectivity index (χ1) is 16.0. The number of aromatic nitrogens is 3. The van der Waals surface area contributed by atoms with Crippen molar-refractivity contribution in [1.29, 1.82) is 0 Å². The monoisotopic (exact) mass is 458 g/mol. The molecule has 0 radical (unpaired) electrons. The zero-order chi connectivity index (χ0) is 22.8. The van der Waals surface area contributed by atoms with E-state index in [9.17, 15) is 8.78 Å². The van der Waals surface area contributed by atoms with Crippen molar-refractivity contribution in [2.75, 3.05) is 36.9 Å². The van der Waals surface area contributed by atoms with Crippen LogP contribution in [0.1, 0.15) is 27.7 Å². The van der Waals surface area contributed by atoms with Gasteiger partial charge in [-0.2, -0.15) is 4.98 Å². The third kappa shape index (κ3) is 5.15. The van der Waals surface area contributed by atoms with Crippen molar-refractivity contribution < 1.29 is 16.4 Å². The van der Waals surface area contributed by atoms with Crippen LogP contribution in [0.15, 0.2) is 42.7 Å². The van der Waals surface area contributed by atoms with E-state index in [0.717, 1.165) is 55.7 Å². The van der Waals surface area contributed by atoms with Crippen molar-refractivity contribution in [2.45, 2.75) is 38.3 Å². The summed E-state index contributed by atoms with van der Waals surface area (Å²) in [6.45, 7) is 5.65. The Morgan fingerprint density at radius 3 is 2.55 bits per heavy atom. The highest BCUT2D eigenvalue weighted by atomic mass is 19.1. The first-order valence-corrected chi connectivity index (χ1v) is 11.4. The van der Waals surface area contributed by atoms with Crippen LogP contribution >= 0.6 is 0 Å². The Hall–Kier alpha value is -3.04. The molecule has 9 heteroatoms. The summed E-state index contributed by atoms with van der Waals surface area (Å²) in [5.74, 6) is -0.971. The normalized spacial score (nSPS) is 21.3. The number of nitrogens with one attached hydrogen (secondary N) is 2. The molecule has 7 nitrogen and oxygen atoms in total. The molecule has 0 spiro atoms. The molecule has 5 rings (SSSR count). The van der Waals surface area contributed by atoms with Gasteiger partial charge in [-0.1, -0.05) is 0 Å². The number of nitrogens with zero attached hydrogens (tertiary/aromatic N) is 4. The van der Waals surface area contributed by atoms with Crippen LogP contribution in [-0.4, -0.2) is 58.1 Å². The van der Waals surface area contributed by atoms with Gasteiger partial charge >= 0.3 is 0 Å². The lowest BCUT2D eigenvalue weighted by atomic mass is 10.1. The van der Waals surface area contributed by atoms with E-state index in [2.05, 4.69) is 31.7 Å². The minimum atomic E-state index is -0.660. The van der Waals surface area contributed by atoms with E-state index >= 15 is 0 Å². The van der Waals surface area contributed by atoms with Gasteiger partial charge in [0.1, 0.15) is 18.0 Å². The number of hydrogen-bond donors (Lipinski definition) is 2. The number of ether oxygens (including phenoxy) is 1. The van der Waals surface area contributed by atoms with Crippen molar-refractivity contribution >= 4 is 17.3 Å². The SMILES string of the molecule is Cc1cc(Nc2ncn(-c3cc(F)cc(F)c3)n2)cc(NC2CCCC2N2CCOCC2)c1.[HH].[HH]. The van der Waals surface area contributed by atoms with Gasteiger partial charge in [0.25, 0.3) is 0 Å². The summed E-state index contributed by atoms with van der Waals surface area (Å²) in [5.41, 5.74) is 3.28. The molecule has 1 saturated heterocycles. The highest BCUT2D eigenvalue weighted by Gasteiger charge is 2.32. The van der Waals surface area contributed by atoms with Crippen molar-refractivity contribution in [3.8, 4) is 5.69 Å². The topological polar surface area (TPSA) is 67.2 Å². The molecule has 2 heterocycles. The summed E-state index contributed by atoms with van der Waals surface area (Å²) in [7, 11) is 0. The van der Waals surface area contributed by atoms with Crippen molar-refractivity contribution in [2.24, 2.45) is 0 Å². The van der Waals surface area contributed by atoms with Crippen LogP contribution in [0.2, 0.25) is 0 Å². The summed E-state index contributed by atoms with van der Waals surface area (Å²) in [6.07, 6.45) is 5.00. The summed E-state index contributed by atoms with van der Waals surface area (Å²) in [5, 5.41) is 11.3. The van der Waals surface area contributed by atoms with Crippen LogP contribution in [-0.2, 0) is 4.74 Å². The van der Waals surface area contributed by atoms with E-state index in [-0.39, 0.29) is 8.54 Å². The molecule has 1 saturated carbocycles. The molecule has 1 aromatic heterocycles. The number of morpholine rings is 1. The van der Waals surface area contributed by atoms with Gasteiger partial charge < -0.3 is 15.4 Å². The van der Waals surface area contributed by atoms with Crippen LogP contribution in [0.5, 0.6) is 0 Å². The van der Waals surface area contributed by atoms with Crippen molar-refractivity contribution in [3.05, 3.63) is 59.9 Å². The first kappa shape index (κ1) is 21.8. The smallest absolute Gasteiger partial charge is 0.246 e. The molecule has 2 atom stereocenters. The van der Waals surface area contributed by atoms with Crippen LogP contribution in [0.25, 0.3) is 5.69 Å². The van der Waals surface area contributed by atoms with E-state index in [0.29, 0.717) is 18.0 Å². The highest BCUT2D eigenvalue weighted by Crippen LogP contribution is 2.30. The fourth-order valence-electron chi connectivity index (χ4n) is 4.85. The zero-order valence-electron chi connectivity index (χ0n) is 18.6. The predicted octanol–water partition coefficient (Wildman–Crippen LogP) is 4.75. The number of aryl methyl sites for hydroxylation is 1. The number of rotatable bonds is 6. The molecule has 3 aromatic rings. The maximum Gasteiger partial charge on any atom is 0.246 e. The molecule has 2 aromatic carbocycles. The molecule has 2 aliphatic rings. The Morgan fingerprint density at radius 2 is 1.76 bits per heavy atom. The Labute approximate surface area is 194 Å². The number of anilines is 3. The molecule has 0 amide bonds. The molecule has 2 fully saturated rings. The fourth-order valence-corrected chi connectivity index (χ4v) is 4.85. The van der Waals surface area contributed by atoms with Gasteiger partial charge in [0, 0.05) is 45.5 Å². The van der Waals surface area contributed by atoms with Gasteiger partial charge in [0.05, 0.1) is 18.9 Å². The second kappa shape index (κ2) is 9.44. The fraction of sp³-hybridized carbons (Fsp3) is 0.417. The minimum Gasteiger partial charge on any atom is -0.381 e. The average molecular weight is 459 g/mol. The first-order valence-electron chi connectivity index (χ1n) is 11.4. The van der Waals surface area contributed by atoms with E-state index in [1.54, 1.807) is 0 Å². The molecule has 33 heavy (non-hydrogen) atoms. The van der Waals surface area contributed by atoms with Gasteiger partial charge in [0.15, 0.2) is 0 Å². The number of benzene rings is 2. The molecular formula is C24H32F2N6O. The minimum absolute atomic E-state index is 0. The third-order valence-electron chi connectivity index (χ3n) is 6.28. The van der Waals surface area contributed by atoms with Gasteiger partial charge in [-0.25, -0.2) is 13.5 Å². The summed E-state index contributed by atoms with van der Waals surface area (Å²) in [6, 6.07) is 10.4. The summed E-state index contributed by atoms with van der Waals surface area (Å²) < 4.78 is 33.9. The molecule has 0 bridgehead atoms. The van der Waals surface area contributed by atoms with Gasteiger partial charge in [-0.15, -0.1) is 5.10 Å². The Kier molecular flexibility index (Phi) is 6.24. The van der Waals surface area contributed by atoms with E-state index in [4.69, 9.17) is 4.74 Å². The van der Waals surface area contributed by atoms with Gasteiger partial charge in [-0.3, -0.25) is 4.90 Å². The van der Waals surface area contributed by atoms with Crippen molar-refractivity contribution in [1.82, 2.24) is 19.7 Å². The quantitative estimate of drug-likeness (QED) is 0.556. The maximum absolute atomic E-state index is 13.5. The Bertz CT molecular complexity index is 1100. The molecule has 2 unspecified atom stereocenters. The maximum atomic E-state index is 13.5. The summed E-state index contributed by atoms with van der Waals surface area (Å²) >= 11 is 0. The lowest BCUT2D eigenvalue weighted by molar-refractivity contribution is 0.0161. The second-order valence-corrected chi connectivity index (χ2v) is 8.75. The lowest BCUT2D eigenvalue weighted by Crippen LogP contribution is -2.48. The summed E-state index contributed by atoms with van der Waals surface area (Å²) in [4.78, 5) is 6.79. The molecule has 1 aliphatic carbocycles. The third-order valence-corrected chi connectivity index (χ3v) is 6.28. The highest BCUT2D eigenvalue weighted by molar-refractivity contribution is 5.63. The van der Waals surface area contributed by atoms with E-state index in [1.807, 2.05) is 19.1 Å². The van der Waals surface area contributed by atoms with Gasteiger partial charge in [0.2, 0.25) is 5.95 Å². The van der Waals surface area contributed by atoms with Crippen LogP contribution in [0, 0.1) is 18.6 Å². The molecule has 2 N–H and O–H groups in total. The largest absolute Gasteiger partial charge is 0.381 e. The van der Waals surface area contributed by atoms with E-state index < -0.39 is 11.6 Å². The van der Waals surface area contributed by atoms with Crippen LogP contribution in [0.4, 0.5) is 26.1 Å². The molecule has 178 valence electrons. The zero-order valence-corrected chi connectivity index (χ0v) is 18.6. The number of hydrogen-bond acceptors (Lipinski definition) is 6. The standard InChI is InChI=1S/C24H28F2N6O.2H2/c1-16-9-19(28-22-3-2-4-23(22)31-5-7-33-8-6-31)14-20(10-16)29-24-27-15-32(30-24)21-12-17(25)11-18(26)13-21;;/h9-15,22-23,28H,2-8H2,1H3,(H,29,30);2*1H. The molecule has 1 aliphatic heterocycles. The Morgan fingerprint density at radius 1 is 1.00 bits per heavy atom.